The van der Waals surface area contributed by atoms with Crippen molar-refractivity contribution in [3.8, 4) is 0 Å². The van der Waals surface area contributed by atoms with Gasteiger partial charge < -0.3 is 10.1 Å². The third-order valence-electron chi connectivity index (χ3n) is 3.28. The van der Waals surface area contributed by atoms with E-state index < -0.39 is 0 Å². The zero-order valence-corrected chi connectivity index (χ0v) is 10.9. The van der Waals surface area contributed by atoms with E-state index in [4.69, 9.17) is 4.74 Å². The fourth-order valence-corrected chi connectivity index (χ4v) is 1.89. The van der Waals surface area contributed by atoms with Crippen molar-refractivity contribution in [2.45, 2.75) is 32.6 Å². The van der Waals surface area contributed by atoms with Crippen LogP contribution in [0.3, 0.4) is 0 Å². The molecule has 1 fully saturated rings. The lowest BCUT2D eigenvalue weighted by molar-refractivity contribution is -0.143. The number of rotatable bonds is 7. The largest absolute Gasteiger partial charge is 0.466 e. The summed E-state index contributed by atoms with van der Waals surface area (Å²) in [6, 6.07) is 8.07. The first-order valence-electron chi connectivity index (χ1n) is 6.71. The van der Waals surface area contributed by atoms with E-state index in [0.29, 0.717) is 19.6 Å². The number of esters is 1. The molecule has 1 aliphatic rings. The molecule has 1 saturated carbocycles. The zero-order valence-electron chi connectivity index (χ0n) is 10.9. The monoisotopic (exact) mass is 247 g/mol. The number of hydrogen-bond donors (Lipinski definition) is 1. The van der Waals surface area contributed by atoms with E-state index in [9.17, 15) is 4.79 Å². The molecule has 1 aromatic rings. The van der Waals surface area contributed by atoms with Gasteiger partial charge in [-0.2, -0.15) is 0 Å². The summed E-state index contributed by atoms with van der Waals surface area (Å²) in [4.78, 5) is 11.5. The molecule has 0 unspecified atom stereocenters. The molecule has 0 aromatic heterocycles. The second-order valence-electron chi connectivity index (χ2n) is 4.94. The maximum absolute atomic E-state index is 11.5. The highest BCUT2D eigenvalue weighted by Gasteiger charge is 2.21. The number of carbonyl (C=O) groups excluding carboxylic acids is 1. The van der Waals surface area contributed by atoms with Gasteiger partial charge in [-0.25, -0.2) is 0 Å². The Bertz CT molecular complexity index is 399. The van der Waals surface area contributed by atoms with Crippen molar-refractivity contribution in [2.24, 2.45) is 5.92 Å². The number of hydrogen-bond acceptors (Lipinski definition) is 3. The summed E-state index contributed by atoms with van der Waals surface area (Å²) in [6.07, 6.45) is 4.09. The van der Waals surface area contributed by atoms with Gasteiger partial charge in [0, 0.05) is 12.2 Å². The number of carbonyl (C=O) groups is 1. The van der Waals surface area contributed by atoms with Crippen molar-refractivity contribution in [2.75, 3.05) is 18.5 Å². The molecule has 98 valence electrons. The van der Waals surface area contributed by atoms with Crippen LogP contribution < -0.4 is 5.32 Å². The van der Waals surface area contributed by atoms with Crippen LogP contribution in [0.5, 0.6) is 0 Å². The van der Waals surface area contributed by atoms with Crippen LogP contribution in [0.4, 0.5) is 5.69 Å². The first-order valence-corrected chi connectivity index (χ1v) is 6.71. The van der Waals surface area contributed by atoms with E-state index in [1.54, 1.807) is 0 Å². The third kappa shape index (κ3) is 4.40. The first-order chi connectivity index (χ1) is 8.75. The first kappa shape index (κ1) is 12.9. The van der Waals surface area contributed by atoms with Crippen LogP contribution in [-0.2, 0) is 9.53 Å². The molecule has 0 aliphatic heterocycles. The fraction of sp³-hybridized carbons (Fsp3) is 0.533. The van der Waals surface area contributed by atoms with Gasteiger partial charge in [0.1, 0.15) is 0 Å². The molecule has 0 atom stereocenters. The lowest BCUT2D eigenvalue weighted by Crippen LogP contribution is -2.12. The molecule has 3 nitrogen and oxygen atoms in total. The number of benzene rings is 1. The predicted octanol–water partition coefficient (Wildman–Crippen LogP) is 3.14. The normalized spacial score (nSPS) is 14.3. The van der Waals surface area contributed by atoms with Crippen LogP contribution >= 0.6 is 0 Å². The highest BCUT2D eigenvalue weighted by atomic mass is 16.5. The Morgan fingerprint density at radius 1 is 1.39 bits per heavy atom. The molecular weight excluding hydrogens is 226 g/mol. The topological polar surface area (TPSA) is 38.3 Å². The molecule has 0 amide bonds. The minimum Gasteiger partial charge on any atom is -0.466 e. The van der Waals surface area contributed by atoms with Crippen LogP contribution in [0.1, 0.15) is 31.2 Å². The van der Waals surface area contributed by atoms with Crippen molar-refractivity contribution < 1.29 is 9.53 Å². The third-order valence-corrected chi connectivity index (χ3v) is 3.28. The summed E-state index contributed by atoms with van der Waals surface area (Å²) in [6.45, 7) is 3.28. The summed E-state index contributed by atoms with van der Waals surface area (Å²) >= 11 is 0. The van der Waals surface area contributed by atoms with Crippen LogP contribution in [0.25, 0.3) is 0 Å². The van der Waals surface area contributed by atoms with Gasteiger partial charge in [0.25, 0.3) is 0 Å². The predicted molar refractivity (Wildman–Crippen MR) is 72.6 cm³/mol. The molecule has 18 heavy (non-hydrogen) atoms. The summed E-state index contributed by atoms with van der Waals surface area (Å²) in [5, 5.41) is 3.25. The minimum absolute atomic E-state index is 0.100. The smallest absolute Gasteiger partial charge is 0.307 e. The Balaban J connectivity index is 1.59. The maximum Gasteiger partial charge on any atom is 0.307 e. The molecule has 0 saturated heterocycles. The van der Waals surface area contributed by atoms with Crippen molar-refractivity contribution >= 4 is 11.7 Å². The van der Waals surface area contributed by atoms with Gasteiger partial charge in [0.05, 0.1) is 13.0 Å². The molecule has 0 spiro atoms. The van der Waals surface area contributed by atoms with E-state index in [1.807, 2.05) is 18.2 Å². The van der Waals surface area contributed by atoms with E-state index >= 15 is 0 Å². The van der Waals surface area contributed by atoms with E-state index in [-0.39, 0.29) is 5.97 Å². The number of para-hydroxylation sites is 1. The Kier molecular flexibility index (Phi) is 4.62. The van der Waals surface area contributed by atoms with Crippen LogP contribution in [-0.4, -0.2) is 19.1 Å². The van der Waals surface area contributed by atoms with Crippen LogP contribution in [0.2, 0.25) is 0 Å². The molecule has 0 bridgehead atoms. The molecule has 1 aliphatic carbocycles. The Hall–Kier alpha value is -1.51. The highest BCUT2D eigenvalue weighted by molar-refractivity contribution is 5.70. The Morgan fingerprint density at radius 2 is 2.17 bits per heavy atom. The minimum atomic E-state index is -0.100. The molecule has 2 rings (SSSR count). The van der Waals surface area contributed by atoms with Gasteiger partial charge in [0.2, 0.25) is 0 Å². The zero-order chi connectivity index (χ0) is 12.8. The standard InChI is InChI=1S/C15H21NO2/c1-12-4-2-3-5-14(12)16-10-8-15(17)18-11-9-13-6-7-13/h2-5,13,16H,6-11H2,1H3. The van der Waals surface area contributed by atoms with Crippen LogP contribution in [0, 0.1) is 12.8 Å². The average Bonchev–Trinajstić information content (AvgIpc) is 3.16. The van der Waals surface area contributed by atoms with Crippen LogP contribution in [0.15, 0.2) is 24.3 Å². The summed E-state index contributed by atoms with van der Waals surface area (Å²) < 4.78 is 5.18. The van der Waals surface area contributed by atoms with Crippen molar-refractivity contribution in [3.63, 3.8) is 0 Å². The van der Waals surface area contributed by atoms with E-state index in [0.717, 1.165) is 18.0 Å². The second kappa shape index (κ2) is 6.43. The Morgan fingerprint density at radius 3 is 2.89 bits per heavy atom. The fourth-order valence-electron chi connectivity index (χ4n) is 1.89. The van der Waals surface area contributed by atoms with E-state index in [2.05, 4.69) is 18.3 Å². The van der Waals surface area contributed by atoms with Gasteiger partial charge in [-0.15, -0.1) is 0 Å². The molecule has 0 radical (unpaired) electrons. The molecule has 3 heteroatoms. The van der Waals surface area contributed by atoms with Gasteiger partial charge >= 0.3 is 5.97 Å². The number of anilines is 1. The van der Waals surface area contributed by atoms with Gasteiger partial charge in [0.15, 0.2) is 0 Å². The lowest BCUT2D eigenvalue weighted by Gasteiger charge is -2.09. The van der Waals surface area contributed by atoms with Crippen molar-refractivity contribution in [1.29, 1.82) is 0 Å². The van der Waals surface area contributed by atoms with Gasteiger partial charge in [-0.05, 0) is 30.9 Å². The molecule has 1 aromatic carbocycles. The van der Waals surface area contributed by atoms with Gasteiger partial charge in [-0.3, -0.25) is 4.79 Å². The van der Waals surface area contributed by atoms with Gasteiger partial charge in [-0.1, -0.05) is 31.0 Å². The van der Waals surface area contributed by atoms with Crippen molar-refractivity contribution in [1.82, 2.24) is 0 Å². The summed E-state index contributed by atoms with van der Waals surface area (Å²) in [7, 11) is 0. The summed E-state index contributed by atoms with van der Waals surface area (Å²) in [5.41, 5.74) is 2.28. The maximum atomic E-state index is 11.5. The number of nitrogens with one attached hydrogen (secondary N) is 1. The highest BCUT2D eigenvalue weighted by Crippen LogP contribution is 2.32. The quantitative estimate of drug-likeness (QED) is 0.752. The second-order valence-corrected chi connectivity index (χ2v) is 4.94. The van der Waals surface area contributed by atoms with E-state index in [1.165, 1.54) is 18.4 Å². The average molecular weight is 247 g/mol. The number of ether oxygens (including phenoxy) is 1. The number of aryl methyl sites for hydroxylation is 1. The SMILES string of the molecule is Cc1ccccc1NCCC(=O)OCCC1CC1. The summed E-state index contributed by atoms with van der Waals surface area (Å²) in [5.74, 6) is 0.722. The molecule has 0 heterocycles. The lowest BCUT2D eigenvalue weighted by atomic mass is 10.2. The Labute approximate surface area is 109 Å². The molecular formula is C15H21NO2. The van der Waals surface area contributed by atoms with Crippen molar-refractivity contribution in [3.05, 3.63) is 29.8 Å². The molecule has 1 N–H and O–H groups in total.